The Morgan fingerprint density at radius 3 is 1.11 bits per heavy atom. The first-order chi connectivity index (χ1) is 15.5. The average molecular weight is 682 g/mol. The SMILES string of the molecule is CC1=[C-]CC=C1C.CC1=[C-]CC=C1C.CCCCC1=[C-]CC=C1.CCCCC1=[C-]CC=C1.[Cl-].[Cl-].[Zr+2].[Zr+2]. The number of allylic oxidation sites excluding steroid dienone is 16. The van der Waals surface area contributed by atoms with Gasteiger partial charge < -0.3 is 24.8 Å². The van der Waals surface area contributed by atoms with Crippen molar-refractivity contribution in [3.63, 3.8) is 0 Å². The van der Waals surface area contributed by atoms with E-state index in [0.29, 0.717) is 0 Å². The van der Waals surface area contributed by atoms with Crippen molar-refractivity contribution in [1.29, 1.82) is 0 Å². The Morgan fingerprint density at radius 2 is 0.944 bits per heavy atom. The van der Waals surface area contributed by atoms with E-state index in [1.54, 1.807) is 0 Å². The molecule has 0 N–H and O–H groups in total. The van der Waals surface area contributed by atoms with Gasteiger partial charge in [0.05, 0.1) is 0 Å². The van der Waals surface area contributed by atoms with Gasteiger partial charge in [-0.3, -0.25) is 24.3 Å². The first-order valence-corrected chi connectivity index (χ1v) is 12.5. The molecule has 0 amide bonds. The third-order valence-corrected chi connectivity index (χ3v) is 5.87. The Balaban J connectivity index is -0.000000184. The van der Waals surface area contributed by atoms with Gasteiger partial charge in [-0.15, -0.1) is 39.5 Å². The maximum absolute atomic E-state index is 3.30. The smallest absolute Gasteiger partial charge is 1.00 e. The molecular formula is C32H44Cl2Zr2-2. The van der Waals surface area contributed by atoms with Crippen molar-refractivity contribution in [2.75, 3.05) is 0 Å². The van der Waals surface area contributed by atoms with Gasteiger partial charge in [0, 0.05) is 0 Å². The van der Waals surface area contributed by atoms with E-state index in [-0.39, 0.29) is 77.2 Å². The molecule has 4 aliphatic carbocycles. The summed E-state index contributed by atoms with van der Waals surface area (Å²) in [7, 11) is 0. The summed E-state index contributed by atoms with van der Waals surface area (Å²) >= 11 is 0. The van der Waals surface area contributed by atoms with Crippen molar-refractivity contribution >= 4 is 0 Å². The predicted octanol–water partition coefficient (Wildman–Crippen LogP) is 3.91. The van der Waals surface area contributed by atoms with Crippen LogP contribution in [-0.2, 0) is 52.4 Å². The van der Waals surface area contributed by atoms with Gasteiger partial charge in [0.2, 0.25) is 0 Å². The largest absolute Gasteiger partial charge is 2.00 e. The van der Waals surface area contributed by atoms with Gasteiger partial charge in [-0.05, 0) is 0 Å². The van der Waals surface area contributed by atoms with E-state index >= 15 is 0 Å². The van der Waals surface area contributed by atoms with E-state index in [1.165, 1.54) is 72.0 Å². The summed E-state index contributed by atoms with van der Waals surface area (Å²) < 4.78 is 0. The molecule has 0 atom stereocenters. The Hall–Kier alpha value is 0.266. The molecule has 0 aromatic carbocycles. The fourth-order valence-electron chi connectivity index (χ4n) is 3.28. The van der Waals surface area contributed by atoms with Crippen LogP contribution in [0.4, 0.5) is 0 Å². The normalized spacial score (nSPS) is 15.6. The quantitative estimate of drug-likeness (QED) is 0.374. The Bertz CT molecular complexity index is 706. The number of hydrogen-bond donors (Lipinski definition) is 0. The summed E-state index contributed by atoms with van der Waals surface area (Å²) in [6, 6.07) is 0. The van der Waals surface area contributed by atoms with Crippen LogP contribution in [0.1, 0.15) is 106 Å². The van der Waals surface area contributed by atoms with Crippen LogP contribution in [0.25, 0.3) is 0 Å². The summed E-state index contributed by atoms with van der Waals surface area (Å²) in [5, 5.41) is 0. The average Bonchev–Trinajstić information content (AvgIpc) is 3.60. The van der Waals surface area contributed by atoms with E-state index in [1.807, 2.05) is 0 Å². The standard InChI is InChI=1S/2C9H13.2C7H9.2ClH.2Zr/c2*1-2-3-6-9-7-4-5-8-9;2*1-6-4-3-5-7(6)2;;;;/h2*4,7H,2-3,5-6H2,1H3;2*4H,3H2,1-2H3;2*1H;;/q4*-1;;;2*+2/p-2. The van der Waals surface area contributed by atoms with Crippen molar-refractivity contribution in [3.05, 3.63) is 94.2 Å². The van der Waals surface area contributed by atoms with Crippen molar-refractivity contribution in [1.82, 2.24) is 0 Å². The number of rotatable bonds is 6. The molecule has 0 bridgehead atoms. The molecule has 0 heterocycles. The second kappa shape index (κ2) is 28.3. The number of unbranched alkanes of at least 4 members (excludes halogenated alkanes) is 2. The summed E-state index contributed by atoms with van der Waals surface area (Å²) in [4.78, 5) is 0. The van der Waals surface area contributed by atoms with E-state index in [4.69, 9.17) is 0 Å². The second-order valence-electron chi connectivity index (χ2n) is 8.61. The van der Waals surface area contributed by atoms with Gasteiger partial charge in [0.1, 0.15) is 0 Å². The molecule has 0 nitrogen and oxygen atoms in total. The van der Waals surface area contributed by atoms with Crippen LogP contribution in [0, 0.1) is 24.3 Å². The van der Waals surface area contributed by atoms with Gasteiger partial charge >= 0.3 is 52.4 Å². The number of halogens is 2. The predicted molar refractivity (Wildman–Crippen MR) is 142 cm³/mol. The zero-order valence-electron chi connectivity index (χ0n) is 23.3. The second-order valence-corrected chi connectivity index (χ2v) is 8.61. The molecule has 4 heteroatoms. The molecule has 0 spiro atoms. The molecule has 0 aromatic heterocycles. The van der Waals surface area contributed by atoms with Gasteiger partial charge in [-0.1, -0.05) is 66.2 Å². The zero-order valence-corrected chi connectivity index (χ0v) is 29.7. The molecule has 4 rings (SSSR count). The minimum absolute atomic E-state index is 0. The van der Waals surface area contributed by atoms with Crippen LogP contribution in [0.2, 0.25) is 0 Å². The molecule has 196 valence electrons. The van der Waals surface area contributed by atoms with Crippen LogP contribution in [0.5, 0.6) is 0 Å². The molecule has 0 saturated heterocycles. The molecule has 0 aromatic rings. The molecule has 0 radical (unpaired) electrons. The van der Waals surface area contributed by atoms with E-state index < -0.39 is 0 Å². The van der Waals surface area contributed by atoms with Gasteiger partial charge in [-0.25, -0.2) is 45.6 Å². The van der Waals surface area contributed by atoms with Gasteiger partial charge in [0.25, 0.3) is 0 Å². The summed E-state index contributed by atoms with van der Waals surface area (Å²) in [6.07, 6.45) is 37.9. The van der Waals surface area contributed by atoms with E-state index in [0.717, 1.165) is 25.7 Å². The van der Waals surface area contributed by atoms with Crippen molar-refractivity contribution in [3.8, 4) is 0 Å². The molecule has 36 heavy (non-hydrogen) atoms. The fraction of sp³-hybridized carbons (Fsp3) is 0.500. The van der Waals surface area contributed by atoms with Crippen LogP contribution >= 0.6 is 0 Å². The molecule has 0 fully saturated rings. The Labute approximate surface area is 274 Å². The molecule has 0 aliphatic heterocycles. The monoisotopic (exact) mass is 678 g/mol. The van der Waals surface area contributed by atoms with Crippen LogP contribution in [0.15, 0.2) is 69.9 Å². The van der Waals surface area contributed by atoms with Gasteiger partial charge in [-0.2, -0.15) is 24.3 Å². The number of hydrogen-bond acceptors (Lipinski definition) is 0. The topological polar surface area (TPSA) is 0 Å². The van der Waals surface area contributed by atoms with Crippen molar-refractivity contribution in [2.45, 2.75) is 106 Å². The van der Waals surface area contributed by atoms with Crippen molar-refractivity contribution in [2.24, 2.45) is 0 Å². The summed E-state index contributed by atoms with van der Waals surface area (Å²) in [6.45, 7) is 12.9. The minimum Gasteiger partial charge on any atom is -1.00 e. The maximum atomic E-state index is 3.30. The zero-order chi connectivity index (χ0) is 23.6. The van der Waals surface area contributed by atoms with Crippen molar-refractivity contribution < 1.29 is 77.2 Å². The Kier molecular flexibility index (Phi) is 34.0. The first-order valence-electron chi connectivity index (χ1n) is 12.5. The van der Waals surface area contributed by atoms with E-state index in [9.17, 15) is 0 Å². The van der Waals surface area contributed by atoms with Crippen LogP contribution in [0.3, 0.4) is 0 Å². The summed E-state index contributed by atoms with van der Waals surface area (Å²) in [5.41, 5.74) is 8.24. The molecule has 0 saturated carbocycles. The van der Waals surface area contributed by atoms with Crippen LogP contribution in [-0.4, -0.2) is 0 Å². The molecular weight excluding hydrogens is 638 g/mol. The third-order valence-electron chi connectivity index (χ3n) is 5.87. The maximum Gasteiger partial charge on any atom is 2.00 e. The van der Waals surface area contributed by atoms with Gasteiger partial charge in [0.15, 0.2) is 0 Å². The first kappa shape index (κ1) is 43.3. The third kappa shape index (κ3) is 21.2. The minimum atomic E-state index is 0. The van der Waals surface area contributed by atoms with Crippen LogP contribution < -0.4 is 24.8 Å². The molecule has 4 aliphatic rings. The molecule has 0 unspecified atom stereocenters. The van der Waals surface area contributed by atoms with E-state index in [2.05, 4.69) is 102 Å². The Morgan fingerprint density at radius 1 is 0.583 bits per heavy atom. The summed E-state index contributed by atoms with van der Waals surface area (Å²) in [5.74, 6) is 0. The fourth-order valence-corrected chi connectivity index (χ4v) is 3.28.